The molecule has 1 amide bonds. The number of alkyl halides is 3. The first-order valence-electron chi connectivity index (χ1n) is 13.5. The Kier molecular flexibility index (Phi) is 8.64. The van der Waals surface area contributed by atoms with Crippen molar-refractivity contribution >= 4 is 21.6 Å². The van der Waals surface area contributed by atoms with E-state index in [1.807, 2.05) is 4.90 Å². The summed E-state index contributed by atoms with van der Waals surface area (Å²) >= 11 is 0. The van der Waals surface area contributed by atoms with Gasteiger partial charge in [-0.2, -0.15) is 13.2 Å². The minimum atomic E-state index is -4.61. The molecule has 0 spiro atoms. The molecule has 1 aliphatic rings. The van der Waals surface area contributed by atoms with E-state index in [0.717, 1.165) is 25.7 Å². The molecule has 3 N–H and O–H groups in total. The molecular formula is C29H30F3N7O3S. The van der Waals surface area contributed by atoms with Crippen LogP contribution in [0.5, 0.6) is 0 Å². The van der Waals surface area contributed by atoms with Crippen molar-refractivity contribution in [1.29, 1.82) is 0 Å². The SMILES string of the molecule is CCN1CCN(Cc2ccc(C(=O)Nc3cccc(-c4cn(-c5ccc(S(N)(=O)=O)cc5)nn4)c3)cc2C(F)(F)F)CC1. The summed E-state index contributed by atoms with van der Waals surface area (Å²) in [5.74, 6) is -0.677. The van der Waals surface area contributed by atoms with E-state index in [4.69, 9.17) is 5.14 Å². The van der Waals surface area contributed by atoms with E-state index in [0.29, 0.717) is 35.7 Å². The predicted octanol–water partition coefficient (Wildman–Crippen LogP) is 3.99. The maximum atomic E-state index is 14.0. The summed E-state index contributed by atoms with van der Waals surface area (Å²) in [4.78, 5) is 17.2. The van der Waals surface area contributed by atoms with Crippen molar-refractivity contribution < 1.29 is 26.4 Å². The average molecular weight is 614 g/mol. The number of carbonyl (C=O) groups is 1. The molecular weight excluding hydrogens is 583 g/mol. The lowest BCUT2D eigenvalue weighted by atomic mass is 10.0. The second-order valence-electron chi connectivity index (χ2n) is 10.2. The topological polar surface area (TPSA) is 126 Å². The van der Waals surface area contributed by atoms with Gasteiger partial charge in [-0.3, -0.25) is 9.69 Å². The number of amides is 1. The van der Waals surface area contributed by atoms with Crippen molar-refractivity contribution in [2.45, 2.75) is 24.5 Å². The highest BCUT2D eigenvalue weighted by molar-refractivity contribution is 7.89. The van der Waals surface area contributed by atoms with Crippen LogP contribution in [0.2, 0.25) is 0 Å². The number of rotatable bonds is 8. The van der Waals surface area contributed by atoms with Gasteiger partial charge in [0.25, 0.3) is 5.91 Å². The first-order chi connectivity index (χ1) is 20.4. The van der Waals surface area contributed by atoms with Crippen molar-refractivity contribution in [3.8, 4) is 16.9 Å². The molecule has 0 saturated carbocycles. The molecule has 1 aliphatic heterocycles. The summed E-state index contributed by atoms with van der Waals surface area (Å²) in [5.41, 5.74) is 1.17. The molecule has 1 saturated heterocycles. The third-order valence-corrected chi connectivity index (χ3v) is 8.25. The highest BCUT2D eigenvalue weighted by Gasteiger charge is 2.34. The van der Waals surface area contributed by atoms with Crippen LogP contribution in [0.4, 0.5) is 18.9 Å². The van der Waals surface area contributed by atoms with Crippen LogP contribution in [0.3, 0.4) is 0 Å². The molecule has 5 rings (SSSR count). The van der Waals surface area contributed by atoms with Crippen LogP contribution >= 0.6 is 0 Å². The molecule has 226 valence electrons. The van der Waals surface area contributed by atoms with Gasteiger partial charge in [0.1, 0.15) is 5.69 Å². The number of likely N-dealkylation sites (N-methyl/N-ethyl adjacent to an activating group) is 1. The Balaban J connectivity index is 1.30. The zero-order valence-electron chi connectivity index (χ0n) is 23.3. The van der Waals surface area contributed by atoms with Gasteiger partial charge < -0.3 is 10.2 Å². The van der Waals surface area contributed by atoms with Gasteiger partial charge in [-0.15, -0.1) is 5.10 Å². The zero-order valence-corrected chi connectivity index (χ0v) is 24.1. The fraction of sp³-hybridized carbons (Fsp3) is 0.276. The fourth-order valence-electron chi connectivity index (χ4n) is 4.89. The molecule has 3 aromatic carbocycles. The fourth-order valence-corrected chi connectivity index (χ4v) is 5.41. The molecule has 43 heavy (non-hydrogen) atoms. The highest BCUT2D eigenvalue weighted by atomic mass is 32.2. The second kappa shape index (κ2) is 12.2. The van der Waals surface area contributed by atoms with Gasteiger partial charge in [-0.1, -0.05) is 30.3 Å². The lowest BCUT2D eigenvalue weighted by Crippen LogP contribution is -2.45. The number of sulfonamides is 1. The van der Waals surface area contributed by atoms with E-state index in [9.17, 15) is 26.4 Å². The van der Waals surface area contributed by atoms with Crippen LogP contribution in [-0.4, -0.2) is 71.8 Å². The average Bonchev–Trinajstić information content (AvgIpc) is 3.48. The first-order valence-corrected chi connectivity index (χ1v) is 15.1. The second-order valence-corrected chi connectivity index (χ2v) is 11.8. The molecule has 0 atom stereocenters. The van der Waals surface area contributed by atoms with Crippen molar-refractivity contribution in [3.63, 3.8) is 0 Å². The Bertz CT molecular complexity index is 1720. The van der Waals surface area contributed by atoms with E-state index in [1.54, 1.807) is 30.5 Å². The predicted molar refractivity (Wildman–Crippen MR) is 155 cm³/mol. The molecule has 10 nitrogen and oxygen atoms in total. The molecule has 1 fully saturated rings. The number of nitrogens with one attached hydrogen (secondary N) is 1. The van der Waals surface area contributed by atoms with Crippen molar-refractivity contribution in [1.82, 2.24) is 24.8 Å². The monoisotopic (exact) mass is 613 g/mol. The van der Waals surface area contributed by atoms with E-state index in [1.165, 1.54) is 41.1 Å². The first kappa shape index (κ1) is 30.4. The van der Waals surface area contributed by atoms with Gasteiger partial charge in [-0.25, -0.2) is 18.2 Å². The molecule has 4 aromatic rings. The molecule has 2 heterocycles. The van der Waals surface area contributed by atoms with Gasteiger partial charge in [0, 0.05) is 49.5 Å². The molecule has 0 aliphatic carbocycles. The van der Waals surface area contributed by atoms with E-state index in [-0.39, 0.29) is 22.6 Å². The van der Waals surface area contributed by atoms with Gasteiger partial charge in [0.05, 0.1) is 22.3 Å². The Labute approximate surface area is 247 Å². The minimum Gasteiger partial charge on any atom is -0.322 e. The smallest absolute Gasteiger partial charge is 0.322 e. The maximum absolute atomic E-state index is 14.0. The number of aromatic nitrogens is 3. The number of benzene rings is 3. The number of hydrogen-bond donors (Lipinski definition) is 2. The molecule has 0 radical (unpaired) electrons. The van der Waals surface area contributed by atoms with Gasteiger partial charge >= 0.3 is 6.18 Å². The third-order valence-electron chi connectivity index (χ3n) is 7.32. The zero-order chi connectivity index (χ0) is 30.8. The summed E-state index contributed by atoms with van der Waals surface area (Å²) in [6.45, 7) is 6.11. The lowest BCUT2D eigenvalue weighted by Gasteiger charge is -2.34. The lowest BCUT2D eigenvalue weighted by molar-refractivity contribution is -0.138. The molecule has 0 unspecified atom stereocenters. The number of nitrogens with zero attached hydrogens (tertiary/aromatic N) is 5. The van der Waals surface area contributed by atoms with Crippen LogP contribution in [-0.2, 0) is 22.7 Å². The molecule has 1 aromatic heterocycles. The van der Waals surface area contributed by atoms with Gasteiger partial charge in [-0.05, 0) is 60.6 Å². The summed E-state index contributed by atoms with van der Waals surface area (Å²) in [5, 5.41) is 16.0. The number of nitrogens with two attached hydrogens (primary N) is 1. The van der Waals surface area contributed by atoms with Crippen molar-refractivity contribution in [3.05, 3.63) is 89.6 Å². The Morgan fingerprint density at radius 3 is 2.33 bits per heavy atom. The Morgan fingerprint density at radius 1 is 0.977 bits per heavy atom. The number of hydrogen-bond acceptors (Lipinski definition) is 7. The van der Waals surface area contributed by atoms with Crippen molar-refractivity contribution in [2.24, 2.45) is 5.14 Å². The van der Waals surface area contributed by atoms with Crippen LogP contribution in [0.15, 0.2) is 77.8 Å². The van der Waals surface area contributed by atoms with Gasteiger partial charge in [0.15, 0.2) is 0 Å². The van der Waals surface area contributed by atoms with Crippen molar-refractivity contribution in [2.75, 3.05) is 38.0 Å². The Hall–Kier alpha value is -4.11. The summed E-state index contributed by atoms with van der Waals surface area (Å²) in [6.07, 6.45) is -3.00. The van der Waals surface area contributed by atoms with Crippen LogP contribution in [0.1, 0.15) is 28.4 Å². The summed E-state index contributed by atoms with van der Waals surface area (Å²) in [7, 11) is -3.83. The number of halogens is 3. The number of piperazine rings is 1. The Morgan fingerprint density at radius 2 is 1.67 bits per heavy atom. The van der Waals surface area contributed by atoms with E-state index < -0.39 is 27.7 Å². The van der Waals surface area contributed by atoms with Gasteiger partial charge in [0.2, 0.25) is 10.0 Å². The number of anilines is 1. The maximum Gasteiger partial charge on any atom is 0.416 e. The van der Waals surface area contributed by atoms with Crippen LogP contribution < -0.4 is 10.5 Å². The third kappa shape index (κ3) is 7.28. The van der Waals surface area contributed by atoms with E-state index >= 15 is 0 Å². The quantitative estimate of drug-likeness (QED) is 0.308. The summed E-state index contributed by atoms with van der Waals surface area (Å²) < 4.78 is 66.5. The standard InChI is InChI=1S/C29H30F3N7O3S/c1-2-37-12-14-38(15-13-37)18-22-7-6-21(17-26(22)29(30,31)32)28(40)34-23-5-3-4-20(16-23)27-19-39(36-35-27)24-8-10-25(11-9-24)43(33,41)42/h3-11,16-17,19H,2,12-15,18H2,1H3,(H,34,40)(H2,33,41,42). The molecule has 0 bridgehead atoms. The number of primary sulfonamides is 1. The highest BCUT2D eigenvalue weighted by Crippen LogP contribution is 2.34. The van der Waals surface area contributed by atoms with Crippen LogP contribution in [0, 0.1) is 0 Å². The molecule has 14 heteroatoms. The minimum absolute atomic E-state index is 0.0394. The normalized spacial score (nSPS) is 15.0. The number of carbonyl (C=O) groups excluding carboxylic acids is 1. The van der Waals surface area contributed by atoms with Crippen LogP contribution in [0.25, 0.3) is 16.9 Å². The van der Waals surface area contributed by atoms with E-state index in [2.05, 4.69) is 27.5 Å². The summed E-state index contributed by atoms with van der Waals surface area (Å²) in [6, 6.07) is 16.1. The largest absolute Gasteiger partial charge is 0.416 e.